The van der Waals surface area contributed by atoms with Crippen LogP contribution in [0.5, 0.6) is 0 Å². The molecule has 3 rings (SSSR count). The van der Waals surface area contributed by atoms with E-state index in [0.29, 0.717) is 37.7 Å². The molecule has 0 N–H and O–H groups in total. The zero-order valence-electron chi connectivity index (χ0n) is 15.5. The molecule has 0 bridgehead atoms. The first-order chi connectivity index (χ1) is 12.5. The Morgan fingerprint density at radius 1 is 1.12 bits per heavy atom. The van der Waals surface area contributed by atoms with Crippen LogP contribution in [0, 0.1) is 29.4 Å². The first-order valence-electron chi connectivity index (χ1n) is 9.90. The fourth-order valence-corrected chi connectivity index (χ4v) is 4.14. The first kappa shape index (κ1) is 19.1. The lowest BCUT2D eigenvalue weighted by Gasteiger charge is -2.35. The maximum Gasteiger partial charge on any atom is 0.142 e. The topological polar surface area (TPSA) is 0 Å². The normalized spacial score (nSPS) is 26.0. The summed E-state index contributed by atoms with van der Waals surface area (Å²) in [6, 6.07) is 2.75. The maximum absolute atomic E-state index is 15.2. The summed E-state index contributed by atoms with van der Waals surface area (Å²) in [4.78, 5) is 0. The molecule has 0 radical (unpaired) electrons. The molecule has 2 aliphatic carbocycles. The predicted octanol–water partition coefficient (Wildman–Crippen LogP) is 6.67. The second-order valence-corrected chi connectivity index (χ2v) is 7.67. The van der Waals surface area contributed by atoms with Crippen molar-refractivity contribution in [3.05, 3.63) is 46.5 Å². The van der Waals surface area contributed by atoms with Crippen molar-refractivity contribution < 1.29 is 13.2 Å². The zero-order chi connectivity index (χ0) is 18.6. The molecule has 0 aliphatic heterocycles. The highest BCUT2D eigenvalue weighted by Gasteiger charge is 2.38. The van der Waals surface area contributed by atoms with Crippen molar-refractivity contribution in [2.45, 2.75) is 76.8 Å². The smallest absolute Gasteiger partial charge is 0.142 e. The number of hydrogen-bond donors (Lipinski definition) is 0. The minimum Gasteiger partial charge on any atom is -0.239 e. The Morgan fingerprint density at radius 3 is 2.38 bits per heavy atom. The van der Waals surface area contributed by atoms with E-state index >= 15 is 4.39 Å². The van der Waals surface area contributed by atoms with Crippen LogP contribution in [-0.2, 0) is 6.42 Å². The minimum absolute atomic E-state index is 0.0113. The van der Waals surface area contributed by atoms with Crippen LogP contribution in [0.15, 0.2) is 23.8 Å². The van der Waals surface area contributed by atoms with Crippen molar-refractivity contribution in [1.29, 1.82) is 0 Å². The third kappa shape index (κ3) is 4.34. The van der Waals surface area contributed by atoms with Crippen molar-refractivity contribution in [1.82, 2.24) is 0 Å². The van der Waals surface area contributed by atoms with Crippen LogP contribution >= 0.6 is 0 Å². The van der Waals surface area contributed by atoms with Gasteiger partial charge >= 0.3 is 0 Å². The van der Waals surface area contributed by atoms with Crippen molar-refractivity contribution in [3.8, 4) is 11.8 Å². The highest BCUT2D eigenvalue weighted by Crippen LogP contribution is 2.43. The van der Waals surface area contributed by atoms with E-state index in [1.54, 1.807) is 0 Å². The van der Waals surface area contributed by atoms with Gasteiger partial charge in [-0.25, -0.2) is 13.2 Å². The van der Waals surface area contributed by atoms with Crippen LogP contribution < -0.4 is 0 Å². The van der Waals surface area contributed by atoms with Crippen LogP contribution in [0.4, 0.5) is 13.2 Å². The maximum atomic E-state index is 15.2. The molecular weight excluding hydrogens is 333 g/mol. The fourth-order valence-electron chi connectivity index (χ4n) is 4.14. The van der Waals surface area contributed by atoms with Gasteiger partial charge in [-0.3, -0.25) is 0 Å². The number of benzene rings is 1. The molecule has 0 nitrogen and oxygen atoms in total. The molecule has 1 aromatic rings. The standard InChI is InChI=1S/C23H27F3/c1-2-6-18-15-21(24)20(22(25)16-18)10-9-17-11-13-23(26,14-12-17)19-7-4-3-5-8-19/h7,15-17H,2-6,8,11-14H2,1H3. The average molecular weight is 360 g/mol. The predicted molar refractivity (Wildman–Crippen MR) is 99.6 cm³/mol. The number of aryl methyl sites for hydroxylation is 1. The summed E-state index contributed by atoms with van der Waals surface area (Å²) in [6.45, 7) is 1.97. The van der Waals surface area contributed by atoms with Gasteiger partial charge in [0.15, 0.2) is 0 Å². The second-order valence-electron chi connectivity index (χ2n) is 7.67. The molecule has 1 aromatic carbocycles. The van der Waals surface area contributed by atoms with E-state index < -0.39 is 17.3 Å². The number of halogens is 3. The summed E-state index contributed by atoms with van der Waals surface area (Å²) in [5.41, 5.74) is 0.293. The molecule has 0 unspecified atom stereocenters. The molecule has 2 aliphatic rings. The summed E-state index contributed by atoms with van der Waals surface area (Å²) in [7, 11) is 0. The van der Waals surface area contributed by atoms with E-state index in [0.717, 1.165) is 37.7 Å². The lowest BCUT2D eigenvalue weighted by Crippen LogP contribution is -2.32. The van der Waals surface area contributed by atoms with E-state index in [4.69, 9.17) is 0 Å². The van der Waals surface area contributed by atoms with E-state index in [1.165, 1.54) is 12.1 Å². The Balaban J connectivity index is 1.66. The molecule has 1 saturated carbocycles. The van der Waals surface area contributed by atoms with Gasteiger partial charge in [-0.1, -0.05) is 31.3 Å². The Kier molecular flexibility index (Phi) is 6.12. The van der Waals surface area contributed by atoms with Gasteiger partial charge in [0.2, 0.25) is 0 Å². The van der Waals surface area contributed by atoms with Gasteiger partial charge in [-0.2, -0.15) is 0 Å². The van der Waals surface area contributed by atoms with Crippen molar-refractivity contribution in [3.63, 3.8) is 0 Å². The molecule has 0 spiro atoms. The molecular formula is C23H27F3. The van der Waals surface area contributed by atoms with Crippen LogP contribution in [0.25, 0.3) is 0 Å². The molecule has 3 heteroatoms. The highest BCUT2D eigenvalue weighted by molar-refractivity contribution is 5.39. The third-order valence-electron chi connectivity index (χ3n) is 5.69. The van der Waals surface area contributed by atoms with Crippen LogP contribution in [0.1, 0.15) is 75.8 Å². The van der Waals surface area contributed by atoms with Crippen LogP contribution in [0.3, 0.4) is 0 Å². The van der Waals surface area contributed by atoms with Gasteiger partial charge in [0.05, 0.1) is 5.56 Å². The minimum atomic E-state index is -1.18. The van der Waals surface area contributed by atoms with Crippen LogP contribution in [0.2, 0.25) is 0 Å². The van der Waals surface area contributed by atoms with Crippen molar-refractivity contribution >= 4 is 0 Å². The number of rotatable bonds is 3. The molecule has 140 valence electrons. The largest absolute Gasteiger partial charge is 0.239 e. The molecule has 0 aromatic heterocycles. The van der Waals surface area contributed by atoms with Gasteiger partial charge in [-0.05, 0) is 81.1 Å². The number of alkyl halides is 1. The molecule has 26 heavy (non-hydrogen) atoms. The summed E-state index contributed by atoms with van der Waals surface area (Å²) in [5, 5.41) is 0. The van der Waals surface area contributed by atoms with Crippen molar-refractivity contribution in [2.24, 2.45) is 5.92 Å². The van der Waals surface area contributed by atoms with Crippen molar-refractivity contribution in [2.75, 3.05) is 0 Å². The molecule has 0 heterocycles. The van der Waals surface area contributed by atoms with Crippen LogP contribution in [-0.4, -0.2) is 5.67 Å². The fraction of sp³-hybridized carbons (Fsp3) is 0.565. The number of allylic oxidation sites excluding steroid dienone is 2. The highest BCUT2D eigenvalue weighted by atomic mass is 19.1. The Labute approximate surface area is 154 Å². The summed E-state index contributed by atoms with van der Waals surface area (Å²) in [6.07, 6.45) is 9.90. The van der Waals surface area contributed by atoms with E-state index in [-0.39, 0.29) is 11.5 Å². The van der Waals surface area contributed by atoms with E-state index in [9.17, 15) is 8.78 Å². The van der Waals surface area contributed by atoms with Gasteiger partial charge in [0, 0.05) is 5.92 Å². The van der Waals surface area contributed by atoms with Gasteiger partial charge in [0.25, 0.3) is 0 Å². The Hall–Kier alpha value is -1.69. The Bertz CT molecular complexity index is 705. The first-order valence-corrected chi connectivity index (χ1v) is 9.90. The summed E-state index contributed by atoms with van der Waals surface area (Å²) in [5.74, 6) is 4.51. The molecule has 0 atom stereocenters. The Morgan fingerprint density at radius 2 is 1.81 bits per heavy atom. The SMILES string of the molecule is CCCc1cc(F)c(C#CC2CCC(F)(C3=CCCCC3)CC2)c(F)c1. The van der Waals surface area contributed by atoms with E-state index in [1.807, 2.05) is 6.92 Å². The monoisotopic (exact) mass is 360 g/mol. The van der Waals surface area contributed by atoms with Gasteiger partial charge < -0.3 is 0 Å². The van der Waals surface area contributed by atoms with Gasteiger partial charge in [-0.15, -0.1) is 0 Å². The summed E-state index contributed by atoms with van der Waals surface area (Å²) < 4.78 is 43.5. The number of hydrogen-bond acceptors (Lipinski definition) is 0. The lowest BCUT2D eigenvalue weighted by atomic mass is 9.74. The quantitative estimate of drug-likeness (QED) is 0.417. The zero-order valence-corrected chi connectivity index (χ0v) is 15.5. The lowest BCUT2D eigenvalue weighted by molar-refractivity contribution is 0.128. The third-order valence-corrected chi connectivity index (χ3v) is 5.69. The molecule has 1 fully saturated rings. The average Bonchev–Trinajstić information content (AvgIpc) is 2.64. The molecule has 0 amide bonds. The van der Waals surface area contributed by atoms with E-state index in [2.05, 4.69) is 17.9 Å². The second kappa shape index (κ2) is 8.33. The molecule has 0 saturated heterocycles. The van der Waals surface area contributed by atoms with Gasteiger partial charge in [0.1, 0.15) is 17.3 Å². The summed E-state index contributed by atoms with van der Waals surface area (Å²) >= 11 is 0.